The molecule has 0 aromatic carbocycles. The quantitative estimate of drug-likeness (QED) is 0.789. The predicted molar refractivity (Wildman–Crippen MR) is 68.9 cm³/mol. The number of hydrogen-bond acceptors (Lipinski definition) is 3. The molecule has 2 unspecified atom stereocenters. The first-order valence-corrected chi connectivity index (χ1v) is 7.06. The molecule has 2 nitrogen and oxygen atoms in total. The van der Waals surface area contributed by atoms with Gasteiger partial charge in [0.15, 0.2) is 0 Å². The first-order chi connectivity index (χ1) is 7.81. The van der Waals surface area contributed by atoms with Gasteiger partial charge in [0.1, 0.15) is 0 Å². The fraction of sp³-hybridized carbons (Fsp3) is 0.692. The van der Waals surface area contributed by atoms with E-state index in [4.69, 9.17) is 4.74 Å². The van der Waals surface area contributed by atoms with Crippen LogP contribution in [0.15, 0.2) is 17.5 Å². The highest BCUT2D eigenvalue weighted by atomic mass is 32.1. The predicted octanol–water partition coefficient (Wildman–Crippen LogP) is 3.21. The second-order valence-corrected chi connectivity index (χ2v) is 5.54. The van der Waals surface area contributed by atoms with Gasteiger partial charge >= 0.3 is 0 Å². The van der Waals surface area contributed by atoms with Crippen LogP contribution >= 0.6 is 11.3 Å². The van der Waals surface area contributed by atoms with Crippen LogP contribution < -0.4 is 5.32 Å². The fourth-order valence-electron chi connectivity index (χ4n) is 2.00. The van der Waals surface area contributed by atoms with Crippen LogP contribution in [0, 0.1) is 5.92 Å². The molecule has 1 aliphatic rings. The van der Waals surface area contributed by atoms with E-state index in [2.05, 4.69) is 29.8 Å². The summed E-state index contributed by atoms with van der Waals surface area (Å²) in [6.07, 6.45) is 2.74. The van der Waals surface area contributed by atoms with Crippen molar-refractivity contribution in [2.75, 3.05) is 13.2 Å². The highest BCUT2D eigenvalue weighted by Gasteiger charge is 2.33. The van der Waals surface area contributed by atoms with E-state index in [-0.39, 0.29) is 0 Å². The van der Waals surface area contributed by atoms with Crippen molar-refractivity contribution in [3.8, 4) is 0 Å². The fourth-order valence-corrected chi connectivity index (χ4v) is 2.88. The summed E-state index contributed by atoms with van der Waals surface area (Å²) in [5.74, 6) is 0.850. The van der Waals surface area contributed by atoms with Crippen LogP contribution in [-0.2, 0) is 4.74 Å². The smallest absolute Gasteiger partial charge is 0.0616 e. The molecule has 0 radical (unpaired) electrons. The lowest BCUT2D eigenvalue weighted by Gasteiger charge is -2.22. The SMILES string of the molecule is CCOCC(C)NC(c1cccs1)C1CC1. The van der Waals surface area contributed by atoms with Crippen molar-refractivity contribution in [1.82, 2.24) is 5.32 Å². The lowest BCUT2D eigenvalue weighted by atomic mass is 10.1. The average molecular weight is 239 g/mol. The van der Waals surface area contributed by atoms with Crippen molar-refractivity contribution >= 4 is 11.3 Å². The van der Waals surface area contributed by atoms with E-state index in [1.807, 2.05) is 18.3 Å². The Hall–Kier alpha value is -0.380. The van der Waals surface area contributed by atoms with E-state index >= 15 is 0 Å². The van der Waals surface area contributed by atoms with Gasteiger partial charge in [-0.3, -0.25) is 0 Å². The number of rotatable bonds is 7. The Kier molecular flexibility index (Phi) is 4.38. The van der Waals surface area contributed by atoms with E-state index < -0.39 is 0 Å². The van der Waals surface area contributed by atoms with Crippen molar-refractivity contribution in [1.29, 1.82) is 0 Å². The van der Waals surface area contributed by atoms with Gasteiger partial charge in [-0.2, -0.15) is 0 Å². The molecule has 1 aliphatic carbocycles. The standard InChI is InChI=1S/C13H21NOS/c1-3-15-9-10(2)14-13(11-6-7-11)12-5-4-8-16-12/h4-5,8,10-11,13-14H,3,6-7,9H2,1-2H3. The summed E-state index contributed by atoms with van der Waals surface area (Å²) in [6, 6.07) is 5.38. The summed E-state index contributed by atoms with van der Waals surface area (Å²) in [6.45, 7) is 5.87. The molecule has 90 valence electrons. The monoisotopic (exact) mass is 239 g/mol. The first-order valence-electron chi connectivity index (χ1n) is 6.18. The Balaban J connectivity index is 1.88. The third-order valence-corrected chi connectivity index (χ3v) is 3.93. The molecule has 1 heterocycles. The molecule has 3 heteroatoms. The Morgan fingerprint density at radius 2 is 2.38 bits per heavy atom. The van der Waals surface area contributed by atoms with Crippen LogP contribution in [0.3, 0.4) is 0 Å². The van der Waals surface area contributed by atoms with Crippen LogP contribution in [0.5, 0.6) is 0 Å². The van der Waals surface area contributed by atoms with Crippen LogP contribution in [0.25, 0.3) is 0 Å². The van der Waals surface area contributed by atoms with E-state index in [0.29, 0.717) is 12.1 Å². The number of thiophene rings is 1. The zero-order valence-corrected chi connectivity index (χ0v) is 10.9. The molecule has 0 amide bonds. The van der Waals surface area contributed by atoms with E-state index in [1.54, 1.807) is 0 Å². The van der Waals surface area contributed by atoms with Gasteiger partial charge in [0, 0.05) is 23.6 Å². The Morgan fingerprint density at radius 3 is 2.94 bits per heavy atom. The normalized spacial score (nSPS) is 19.6. The minimum atomic E-state index is 0.438. The average Bonchev–Trinajstić information content (AvgIpc) is 2.98. The van der Waals surface area contributed by atoms with E-state index in [0.717, 1.165) is 19.1 Å². The van der Waals surface area contributed by atoms with Gasteiger partial charge < -0.3 is 10.1 Å². The van der Waals surface area contributed by atoms with Crippen LogP contribution in [0.2, 0.25) is 0 Å². The molecule has 1 fully saturated rings. The van der Waals surface area contributed by atoms with Gasteiger partial charge in [-0.25, -0.2) is 0 Å². The summed E-state index contributed by atoms with van der Waals surface area (Å²) in [5.41, 5.74) is 0. The largest absolute Gasteiger partial charge is 0.380 e. The third-order valence-electron chi connectivity index (χ3n) is 2.98. The van der Waals surface area contributed by atoms with Crippen molar-refractivity contribution < 1.29 is 4.74 Å². The second-order valence-electron chi connectivity index (χ2n) is 4.56. The topological polar surface area (TPSA) is 21.3 Å². The lowest BCUT2D eigenvalue weighted by molar-refractivity contribution is 0.122. The maximum Gasteiger partial charge on any atom is 0.0616 e. The van der Waals surface area contributed by atoms with Crippen molar-refractivity contribution in [3.63, 3.8) is 0 Å². The van der Waals surface area contributed by atoms with Gasteiger partial charge in [0.05, 0.1) is 6.61 Å². The summed E-state index contributed by atoms with van der Waals surface area (Å²) in [7, 11) is 0. The molecule has 0 bridgehead atoms. The minimum Gasteiger partial charge on any atom is -0.380 e. The Morgan fingerprint density at radius 1 is 1.56 bits per heavy atom. The summed E-state index contributed by atoms with van der Waals surface area (Å²) in [5, 5.41) is 5.87. The maximum atomic E-state index is 5.45. The van der Waals surface area contributed by atoms with Crippen LogP contribution in [0.4, 0.5) is 0 Å². The first kappa shape index (κ1) is 12.1. The van der Waals surface area contributed by atoms with Gasteiger partial charge in [-0.05, 0) is 44.1 Å². The van der Waals surface area contributed by atoms with E-state index in [9.17, 15) is 0 Å². The molecule has 1 N–H and O–H groups in total. The highest BCUT2D eigenvalue weighted by molar-refractivity contribution is 7.10. The third kappa shape index (κ3) is 3.30. The molecular weight excluding hydrogens is 218 g/mol. The Labute approximate surface area is 102 Å². The maximum absolute atomic E-state index is 5.45. The zero-order valence-electron chi connectivity index (χ0n) is 10.1. The summed E-state index contributed by atoms with van der Waals surface area (Å²) < 4.78 is 5.45. The van der Waals surface area contributed by atoms with E-state index in [1.165, 1.54) is 17.7 Å². The molecule has 2 rings (SSSR count). The Bertz CT molecular complexity index is 295. The van der Waals surface area contributed by atoms with Crippen molar-refractivity contribution in [3.05, 3.63) is 22.4 Å². The number of hydrogen-bond donors (Lipinski definition) is 1. The van der Waals surface area contributed by atoms with Crippen molar-refractivity contribution in [2.45, 2.75) is 38.8 Å². The highest BCUT2D eigenvalue weighted by Crippen LogP contribution is 2.42. The molecule has 16 heavy (non-hydrogen) atoms. The van der Waals surface area contributed by atoms with Crippen LogP contribution in [-0.4, -0.2) is 19.3 Å². The molecule has 2 atom stereocenters. The molecular formula is C13H21NOS. The molecule has 0 saturated heterocycles. The second kappa shape index (κ2) is 5.80. The molecule has 1 aromatic rings. The van der Waals surface area contributed by atoms with Crippen molar-refractivity contribution in [2.24, 2.45) is 5.92 Å². The summed E-state index contributed by atoms with van der Waals surface area (Å²) >= 11 is 1.86. The molecule has 1 aromatic heterocycles. The number of nitrogens with one attached hydrogen (secondary N) is 1. The van der Waals surface area contributed by atoms with Crippen LogP contribution in [0.1, 0.15) is 37.6 Å². The van der Waals surface area contributed by atoms with Gasteiger partial charge in [-0.15, -0.1) is 11.3 Å². The molecule has 0 aliphatic heterocycles. The molecule has 0 spiro atoms. The molecule has 1 saturated carbocycles. The zero-order chi connectivity index (χ0) is 11.4. The van der Waals surface area contributed by atoms with Gasteiger partial charge in [0.2, 0.25) is 0 Å². The lowest BCUT2D eigenvalue weighted by Crippen LogP contribution is -2.34. The van der Waals surface area contributed by atoms with Gasteiger partial charge in [0.25, 0.3) is 0 Å². The minimum absolute atomic E-state index is 0.438. The van der Waals surface area contributed by atoms with Gasteiger partial charge in [-0.1, -0.05) is 6.07 Å². The summed E-state index contributed by atoms with van der Waals surface area (Å²) in [4.78, 5) is 1.48. The number of ether oxygens (including phenoxy) is 1.